The van der Waals surface area contributed by atoms with Crippen molar-refractivity contribution in [3.8, 4) is 0 Å². The lowest BCUT2D eigenvalue weighted by Gasteiger charge is -2.23. The van der Waals surface area contributed by atoms with E-state index >= 15 is 0 Å². The Balaban J connectivity index is 1.03. The van der Waals surface area contributed by atoms with Gasteiger partial charge in [-0.1, -0.05) is 0 Å². The van der Waals surface area contributed by atoms with E-state index in [1.54, 1.807) is 0 Å². The number of aliphatic hydroxyl groups is 4. The number of aliphatic hydroxyl groups excluding tert-OH is 4. The van der Waals surface area contributed by atoms with Gasteiger partial charge >= 0.3 is 21.9 Å². The molecule has 268 valence electrons. The van der Waals surface area contributed by atoms with E-state index in [-0.39, 0.29) is 34.0 Å². The molecule has 3 unspecified atom stereocenters. The number of nitrogens with zero attached hydrogens (tertiary/aromatic N) is 8. The second-order valence-electron chi connectivity index (χ2n) is 10.8. The summed E-state index contributed by atoms with van der Waals surface area (Å²) in [6.07, 6.45) is -6.96. The molecule has 6 rings (SSSR count). The minimum Gasteiger partial charge on any atom is -0.387 e. The molecule has 2 aliphatic rings. The first-order chi connectivity index (χ1) is 23.0. The van der Waals surface area contributed by atoms with E-state index in [4.69, 9.17) is 41.8 Å². The van der Waals surface area contributed by atoms with Crippen molar-refractivity contribution in [1.29, 1.82) is 0 Å². The summed E-state index contributed by atoms with van der Waals surface area (Å²) in [4.78, 5) is 54.8. The Morgan fingerprint density at radius 1 is 0.714 bits per heavy atom. The second-order valence-corrected chi connectivity index (χ2v) is 18.0. The standard InChI is InChI=1S/C21H29N10O14P3S/c22-16-10-18(26-3-24-16)30(5-28-10)20-14(34)12(32)8(43-20)1-41-46(36,37)7-47(38,39)45-48(40,49)42-2-9-13(33)15(35)21(44-9)31-6-29-11-17(23)25-4-27-19(11)31/h3-6,8-9,12-15,20-21,32-35H,1-2,7H2,(H,36,37)(H,38,39)(H,40,49)(H2,22,24,26)(H2,23,25,27)/t8-,9-,12-,13-,14-,15-,20-,21-,48?/m1/s1. The predicted molar refractivity (Wildman–Crippen MR) is 165 cm³/mol. The summed E-state index contributed by atoms with van der Waals surface area (Å²) in [5.74, 6) is -1.48. The summed E-state index contributed by atoms with van der Waals surface area (Å²) < 4.78 is 53.8. The van der Waals surface area contributed by atoms with Crippen LogP contribution in [-0.4, -0.2) is 130 Å². The average molecular weight is 771 g/mol. The Hall–Kier alpha value is -2.67. The maximum atomic E-state index is 12.7. The molecule has 0 aliphatic carbocycles. The van der Waals surface area contributed by atoms with Gasteiger partial charge in [-0.25, -0.2) is 34.2 Å². The lowest BCUT2D eigenvalue weighted by molar-refractivity contribution is -0.0486. The van der Waals surface area contributed by atoms with E-state index in [1.807, 2.05) is 0 Å². The molecule has 0 saturated carbocycles. The molecule has 0 spiro atoms. The molecule has 11 N–H and O–H groups in total. The Labute approximate surface area is 278 Å². The predicted octanol–water partition coefficient (Wildman–Crippen LogP) is -2.34. The van der Waals surface area contributed by atoms with Gasteiger partial charge < -0.3 is 65.1 Å². The number of nitrogen functional groups attached to an aromatic ring is 2. The number of fused-ring (bicyclic) bond motifs is 2. The van der Waals surface area contributed by atoms with Crippen molar-refractivity contribution in [2.75, 3.05) is 30.6 Å². The maximum Gasteiger partial charge on any atom is 0.347 e. The van der Waals surface area contributed by atoms with Gasteiger partial charge in [-0.05, 0) is 11.8 Å². The van der Waals surface area contributed by atoms with Gasteiger partial charge in [-0.15, -0.1) is 0 Å². The van der Waals surface area contributed by atoms with Crippen LogP contribution in [-0.2, 0) is 43.8 Å². The van der Waals surface area contributed by atoms with Gasteiger partial charge in [0.25, 0.3) is 0 Å². The van der Waals surface area contributed by atoms with Crippen molar-refractivity contribution in [3.05, 3.63) is 25.3 Å². The fraction of sp³-hybridized carbons (Fsp3) is 0.524. The van der Waals surface area contributed by atoms with Gasteiger partial charge in [-0.3, -0.25) is 18.3 Å². The van der Waals surface area contributed by atoms with Crippen LogP contribution in [0.5, 0.6) is 0 Å². The highest BCUT2D eigenvalue weighted by Crippen LogP contribution is 2.66. The lowest BCUT2D eigenvalue weighted by atomic mass is 10.1. The van der Waals surface area contributed by atoms with Crippen LogP contribution in [0, 0.1) is 0 Å². The maximum absolute atomic E-state index is 12.7. The molecular weight excluding hydrogens is 741 g/mol. The molecule has 4 aromatic rings. The van der Waals surface area contributed by atoms with Crippen LogP contribution < -0.4 is 11.5 Å². The van der Waals surface area contributed by atoms with Crippen LogP contribution >= 0.6 is 21.9 Å². The molecule has 24 nitrogen and oxygen atoms in total. The molecule has 11 atom stereocenters. The smallest absolute Gasteiger partial charge is 0.347 e. The number of rotatable bonds is 12. The number of ether oxygens (including phenoxy) is 2. The summed E-state index contributed by atoms with van der Waals surface area (Å²) in [6, 6.07) is 0. The number of anilines is 2. The molecule has 0 amide bonds. The highest BCUT2D eigenvalue weighted by molar-refractivity contribution is 8.08. The number of hydrogen-bond donors (Lipinski definition) is 9. The molecule has 2 saturated heterocycles. The van der Waals surface area contributed by atoms with Crippen molar-refractivity contribution < 1.29 is 67.1 Å². The number of nitrogens with two attached hydrogens (primary N) is 2. The Kier molecular flexibility index (Phi) is 9.93. The molecule has 28 heteroatoms. The zero-order chi connectivity index (χ0) is 35.5. The van der Waals surface area contributed by atoms with Gasteiger partial charge in [0.05, 0.1) is 25.9 Å². The van der Waals surface area contributed by atoms with Crippen molar-refractivity contribution in [2.45, 2.75) is 49.1 Å². The zero-order valence-corrected chi connectivity index (χ0v) is 28.0. The molecule has 2 fully saturated rings. The van der Waals surface area contributed by atoms with Gasteiger partial charge in [0, 0.05) is 0 Å². The van der Waals surface area contributed by atoms with Crippen LogP contribution in [0.1, 0.15) is 12.5 Å². The third-order valence-electron chi connectivity index (χ3n) is 7.43. The van der Waals surface area contributed by atoms with E-state index in [0.717, 1.165) is 12.7 Å². The Bertz CT molecular complexity index is 1870. The highest BCUT2D eigenvalue weighted by atomic mass is 32.5. The Morgan fingerprint density at radius 2 is 1.16 bits per heavy atom. The average Bonchev–Trinajstić information content (AvgIpc) is 3.77. The van der Waals surface area contributed by atoms with Gasteiger partial charge in [0.15, 0.2) is 41.3 Å². The molecule has 0 bridgehead atoms. The van der Waals surface area contributed by atoms with Crippen molar-refractivity contribution in [1.82, 2.24) is 39.0 Å². The second kappa shape index (κ2) is 13.5. The normalized spacial score (nSPS) is 31.2. The minimum absolute atomic E-state index is 0.0471. The summed E-state index contributed by atoms with van der Waals surface area (Å²) in [7, 11) is -10.3. The van der Waals surface area contributed by atoms with E-state index in [0.29, 0.717) is 0 Å². The first-order valence-electron chi connectivity index (χ1n) is 13.8. The quantitative estimate of drug-likeness (QED) is 0.0682. The van der Waals surface area contributed by atoms with E-state index < -0.39 is 90.1 Å². The molecule has 6 heterocycles. The van der Waals surface area contributed by atoms with Gasteiger partial charge in [0.1, 0.15) is 60.3 Å². The van der Waals surface area contributed by atoms with Crippen molar-refractivity contribution in [2.24, 2.45) is 0 Å². The molecular formula is C21H29N10O14P3S. The summed E-state index contributed by atoms with van der Waals surface area (Å²) in [5, 5.41) is 42.1. The van der Waals surface area contributed by atoms with Crippen LogP contribution in [0.15, 0.2) is 25.3 Å². The van der Waals surface area contributed by atoms with E-state index in [9.17, 15) is 44.2 Å². The van der Waals surface area contributed by atoms with Crippen LogP contribution in [0.3, 0.4) is 0 Å². The largest absolute Gasteiger partial charge is 0.387 e. The monoisotopic (exact) mass is 770 g/mol. The summed E-state index contributed by atoms with van der Waals surface area (Å²) in [6.45, 7) is -6.27. The Morgan fingerprint density at radius 3 is 1.63 bits per heavy atom. The highest BCUT2D eigenvalue weighted by Gasteiger charge is 2.48. The SMILES string of the molecule is Nc1ncnc2c1ncn2[C@@H]1O[C@H](COP(=O)(O)CP(=O)(O)OP(O)(=S)OC[C@H]2O[C@@H](n3cnc4c(N)ncnc43)[C@H](O)[C@@H]2O)[C@@H](O)[C@H]1O. The summed E-state index contributed by atoms with van der Waals surface area (Å²) >= 11 is 4.77. The number of aromatic nitrogens is 8. The fourth-order valence-electron chi connectivity index (χ4n) is 5.14. The van der Waals surface area contributed by atoms with Gasteiger partial charge in [-0.2, -0.15) is 0 Å². The molecule has 2 aliphatic heterocycles. The van der Waals surface area contributed by atoms with Gasteiger partial charge in [0.2, 0.25) is 0 Å². The van der Waals surface area contributed by atoms with Crippen molar-refractivity contribution in [3.63, 3.8) is 0 Å². The first-order valence-corrected chi connectivity index (χ1v) is 19.9. The lowest BCUT2D eigenvalue weighted by Crippen LogP contribution is -2.33. The van der Waals surface area contributed by atoms with E-state index in [2.05, 4.69) is 34.2 Å². The topological polar surface area (TPSA) is 361 Å². The van der Waals surface area contributed by atoms with Crippen molar-refractivity contribution >= 4 is 67.7 Å². The number of imidazole rings is 2. The summed E-state index contributed by atoms with van der Waals surface area (Å²) in [5.41, 5.74) is 12.3. The first kappa shape index (κ1) is 36.1. The molecule has 49 heavy (non-hydrogen) atoms. The van der Waals surface area contributed by atoms with E-state index in [1.165, 1.54) is 21.8 Å². The molecule has 0 radical (unpaired) electrons. The van der Waals surface area contributed by atoms with Crippen LogP contribution in [0.2, 0.25) is 0 Å². The number of hydrogen-bond acceptors (Lipinski definition) is 20. The third kappa shape index (κ3) is 7.39. The third-order valence-corrected chi connectivity index (χ3v) is 14.1. The van der Waals surface area contributed by atoms with Crippen LogP contribution in [0.25, 0.3) is 22.3 Å². The molecule has 0 aromatic carbocycles. The zero-order valence-electron chi connectivity index (χ0n) is 24.5. The molecule has 4 aromatic heterocycles. The fourth-order valence-corrected chi connectivity index (χ4v) is 11.3. The van der Waals surface area contributed by atoms with Crippen LogP contribution in [0.4, 0.5) is 11.6 Å². The minimum atomic E-state index is -5.23.